The molecule has 6 heteroatoms. The van der Waals surface area contributed by atoms with Crippen molar-refractivity contribution in [2.45, 2.75) is 76.9 Å². The fourth-order valence-corrected chi connectivity index (χ4v) is 5.99. The van der Waals surface area contributed by atoms with Crippen LogP contribution in [0.2, 0.25) is 0 Å². The van der Waals surface area contributed by atoms with Crippen molar-refractivity contribution in [2.24, 2.45) is 17.8 Å². The number of amides is 2. The fourth-order valence-electron chi connectivity index (χ4n) is 5.99. The maximum absolute atomic E-state index is 13.6. The molecule has 30 heavy (non-hydrogen) atoms. The van der Waals surface area contributed by atoms with Crippen molar-refractivity contribution in [3.8, 4) is 0 Å². The molecule has 1 aromatic carbocycles. The molecule has 0 spiro atoms. The monoisotopic (exact) mass is 412 g/mol. The minimum absolute atomic E-state index is 0.0668. The van der Waals surface area contributed by atoms with E-state index in [-0.39, 0.29) is 23.8 Å². The summed E-state index contributed by atoms with van der Waals surface area (Å²) >= 11 is 0. The lowest BCUT2D eigenvalue weighted by Crippen LogP contribution is -2.57. The normalized spacial score (nSPS) is 32.1. The van der Waals surface area contributed by atoms with Crippen LogP contribution in [0.3, 0.4) is 0 Å². The lowest BCUT2D eigenvalue weighted by molar-refractivity contribution is -0.153. The summed E-state index contributed by atoms with van der Waals surface area (Å²) in [6, 6.07) is 7.25. The first-order chi connectivity index (χ1) is 14.3. The highest BCUT2D eigenvalue weighted by atomic mass is 16.4. The van der Waals surface area contributed by atoms with Crippen LogP contribution >= 0.6 is 0 Å². The molecular formula is C24H32N2O4. The molecule has 2 aliphatic heterocycles. The largest absolute Gasteiger partial charge is 0.480 e. The number of rotatable bonds is 5. The Morgan fingerprint density at radius 1 is 1.20 bits per heavy atom. The maximum Gasteiger partial charge on any atom is 0.324 e. The van der Waals surface area contributed by atoms with Crippen LogP contribution in [0.25, 0.3) is 0 Å². The van der Waals surface area contributed by atoms with E-state index >= 15 is 0 Å². The van der Waals surface area contributed by atoms with Gasteiger partial charge in [0.05, 0.1) is 11.8 Å². The fraction of sp³-hybridized carbons (Fsp3) is 0.625. The molecule has 3 aliphatic rings. The third kappa shape index (κ3) is 3.25. The lowest BCUT2D eigenvalue weighted by atomic mass is 9.75. The zero-order valence-corrected chi connectivity index (χ0v) is 18.1. The molecule has 4 rings (SSSR count). The molecule has 1 saturated carbocycles. The van der Waals surface area contributed by atoms with Crippen molar-refractivity contribution in [1.82, 2.24) is 10.2 Å². The van der Waals surface area contributed by atoms with E-state index in [1.165, 1.54) is 4.90 Å². The van der Waals surface area contributed by atoms with E-state index < -0.39 is 29.4 Å². The Hall–Kier alpha value is -2.21. The number of aryl methyl sites for hydroxylation is 1. The summed E-state index contributed by atoms with van der Waals surface area (Å²) in [4.78, 5) is 41.4. The van der Waals surface area contributed by atoms with Crippen molar-refractivity contribution in [3.05, 3.63) is 35.4 Å². The molecule has 1 aromatic rings. The zero-order chi connectivity index (χ0) is 21.6. The van der Waals surface area contributed by atoms with Gasteiger partial charge in [-0.15, -0.1) is 0 Å². The number of carboxylic acids is 1. The predicted molar refractivity (Wildman–Crippen MR) is 113 cm³/mol. The van der Waals surface area contributed by atoms with Gasteiger partial charge in [0.2, 0.25) is 11.8 Å². The molecule has 2 N–H and O–H groups in total. The summed E-state index contributed by atoms with van der Waals surface area (Å²) in [7, 11) is 0. The summed E-state index contributed by atoms with van der Waals surface area (Å²) in [6.45, 7) is 5.90. The number of carboxylic acid groups (broad SMARTS) is 1. The van der Waals surface area contributed by atoms with Gasteiger partial charge in [-0.1, -0.05) is 62.9 Å². The molecule has 0 radical (unpaired) electrons. The van der Waals surface area contributed by atoms with Crippen molar-refractivity contribution in [1.29, 1.82) is 0 Å². The second-order valence-corrected chi connectivity index (χ2v) is 9.75. The Labute approximate surface area is 178 Å². The summed E-state index contributed by atoms with van der Waals surface area (Å²) in [5.74, 6) is -2.98. The van der Waals surface area contributed by atoms with E-state index in [4.69, 9.17) is 0 Å². The number of fused-ring (bicyclic) bond motifs is 1. The molecular weight excluding hydrogens is 380 g/mol. The molecule has 0 bridgehead atoms. The summed E-state index contributed by atoms with van der Waals surface area (Å²) in [5, 5.41) is 13.6. The van der Waals surface area contributed by atoms with Crippen LogP contribution in [0.5, 0.6) is 0 Å². The number of aliphatic carboxylic acids is 1. The highest BCUT2D eigenvalue weighted by Crippen LogP contribution is 2.52. The highest BCUT2D eigenvalue weighted by molar-refractivity contribution is 6.09. The topological polar surface area (TPSA) is 86.7 Å². The molecule has 2 saturated heterocycles. The first-order valence-corrected chi connectivity index (χ1v) is 11.2. The number of likely N-dealkylation sites (tertiary alicyclic amines) is 1. The molecule has 2 heterocycles. The van der Waals surface area contributed by atoms with Crippen LogP contribution in [0.4, 0.5) is 0 Å². The average molecular weight is 413 g/mol. The molecule has 6 nitrogen and oxygen atoms in total. The number of hydrogen-bond acceptors (Lipinski definition) is 4. The van der Waals surface area contributed by atoms with E-state index in [1.807, 2.05) is 45.0 Å². The van der Waals surface area contributed by atoms with E-state index in [2.05, 4.69) is 5.32 Å². The highest BCUT2D eigenvalue weighted by Gasteiger charge is 2.68. The van der Waals surface area contributed by atoms with E-state index in [0.29, 0.717) is 6.42 Å². The van der Waals surface area contributed by atoms with Crippen LogP contribution in [-0.4, -0.2) is 39.4 Å². The van der Waals surface area contributed by atoms with Crippen molar-refractivity contribution in [3.63, 3.8) is 0 Å². The van der Waals surface area contributed by atoms with Crippen LogP contribution < -0.4 is 5.32 Å². The Morgan fingerprint density at radius 2 is 1.90 bits per heavy atom. The van der Waals surface area contributed by atoms with Gasteiger partial charge >= 0.3 is 5.97 Å². The number of carbonyl (C=O) groups excluding carboxylic acids is 2. The first-order valence-electron chi connectivity index (χ1n) is 11.2. The molecule has 162 valence electrons. The quantitative estimate of drug-likeness (QED) is 0.724. The van der Waals surface area contributed by atoms with E-state index in [0.717, 1.165) is 43.2 Å². The van der Waals surface area contributed by atoms with Crippen LogP contribution in [0.15, 0.2) is 24.3 Å². The Bertz CT molecular complexity index is 861. The minimum Gasteiger partial charge on any atom is -0.480 e. The van der Waals surface area contributed by atoms with Crippen molar-refractivity contribution < 1.29 is 19.5 Å². The molecule has 4 atom stereocenters. The van der Waals surface area contributed by atoms with Gasteiger partial charge in [-0.2, -0.15) is 0 Å². The van der Waals surface area contributed by atoms with Crippen LogP contribution in [0.1, 0.15) is 69.5 Å². The molecule has 0 aromatic heterocycles. The summed E-state index contributed by atoms with van der Waals surface area (Å²) < 4.78 is 0. The van der Waals surface area contributed by atoms with E-state index in [1.54, 1.807) is 0 Å². The molecule has 2 amide bonds. The van der Waals surface area contributed by atoms with Gasteiger partial charge in [-0.3, -0.25) is 24.6 Å². The molecule has 3 fully saturated rings. The average Bonchev–Trinajstić information content (AvgIpc) is 3.17. The number of carbonyl (C=O) groups is 3. The second kappa shape index (κ2) is 7.80. The predicted octanol–water partition coefficient (Wildman–Crippen LogP) is 3.44. The SMILES string of the molecule is Cc1cccc(C2NC(CC(C)C)(C(=O)O)C3C(=O)N(C4CCCCC4)C(=O)C23)c1. The maximum atomic E-state index is 13.6. The van der Waals surface area contributed by atoms with Gasteiger partial charge < -0.3 is 5.11 Å². The summed E-state index contributed by atoms with van der Waals surface area (Å²) in [6.07, 6.45) is 5.09. The van der Waals surface area contributed by atoms with Gasteiger partial charge in [0, 0.05) is 12.1 Å². The zero-order valence-electron chi connectivity index (χ0n) is 18.1. The molecule has 4 unspecified atom stereocenters. The summed E-state index contributed by atoms with van der Waals surface area (Å²) in [5.41, 5.74) is 0.496. The Kier molecular flexibility index (Phi) is 5.47. The Morgan fingerprint density at radius 3 is 2.50 bits per heavy atom. The second-order valence-electron chi connectivity index (χ2n) is 9.75. The number of hydrogen-bond donors (Lipinski definition) is 2. The lowest BCUT2D eigenvalue weighted by Gasteiger charge is -2.35. The van der Waals surface area contributed by atoms with Gasteiger partial charge in [-0.05, 0) is 37.7 Å². The Balaban J connectivity index is 1.81. The van der Waals surface area contributed by atoms with Crippen LogP contribution in [0, 0.1) is 24.7 Å². The number of benzene rings is 1. The van der Waals surface area contributed by atoms with Gasteiger partial charge in [0.15, 0.2) is 0 Å². The smallest absolute Gasteiger partial charge is 0.324 e. The van der Waals surface area contributed by atoms with Crippen LogP contribution in [-0.2, 0) is 14.4 Å². The van der Waals surface area contributed by atoms with Crippen molar-refractivity contribution >= 4 is 17.8 Å². The third-order valence-corrected chi connectivity index (χ3v) is 7.14. The number of nitrogens with one attached hydrogen (secondary N) is 1. The van der Waals surface area contributed by atoms with Crippen molar-refractivity contribution in [2.75, 3.05) is 0 Å². The minimum atomic E-state index is -1.43. The first kappa shape index (κ1) is 21.0. The molecule has 1 aliphatic carbocycles. The van der Waals surface area contributed by atoms with Gasteiger partial charge in [0.25, 0.3) is 0 Å². The standard InChI is InChI=1S/C24H32N2O4/c1-14(2)13-24(23(29)30)19-18(20(25-24)16-9-7-8-15(3)12-16)21(27)26(22(19)28)17-10-5-4-6-11-17/h7-9,12,14,17-20,25H,4-6,10-11,13H2,1-3H3,(H,29,30). The number of nitrogens with zero attached hydrogens (tertiary/aromatic N) is 1. The van der Waals surface area contributed by atoms with Gasteiger partial charge in [0.1, 0.15) is 5.54 Å². The third-order valence-electron chi connectivity index (χ3n) is 7.14. The van der Waals surface area contributed by atoms with E-state index in [9.17, 15) is 19.5 Å². The van der Waals surface area contributed by atoms with Gasteiger partial charge in [-0.25, -0.2) is 0 Å². The number of imide groups is 1.